The Morgan fingerprint density at radius 1 is 1.07 bits per heavy atom. The van der Waals surface area contributed by atoms with Gasteiger partial charge in [0.15, 0.2) is 0 Å². The maximum absolute atomic E-state index is 13.0. The molecule has 1 amide bonds. The fourth-order valence-electron chi connectivity index (χ4n) is 3.75. The number of rotatable bonds is 7. The maximum atomic E-state index is 13.0. The normalized spacial score (nSPS) is 15.5. The number of likely N-dealkylation sites (tertiary alicyclic amines) is 1. The number of anilines is 1. The first-order valence-electron chi connectivity index (χ1n) is 9.66. The SMILES string of the molecule is CN(C)c1ccc([C@H](CNC(=O)Cc2ccc(F)cc2)[NH+]2CCCC2)cc1. The second-order valence-electron chi connectivity index (χ2n) is 7.51. The van der Waals surface area contributed by atoms with E-state index in [1.54, 1.807) is 12.1 Å². The van der Waals surface area contributed by atoms with E-state index in [0.717, 1.165) is 18.7 Å². The molecule has 0 radical (unpaired) electrons. The van der Waals surface area contributed by atoms with Crippen LogP contribution in [0, 0.1) is 5.82 Å². The van der Waals surface area contributed by atoms with E-state index in [0.29, 0.717) is 6.54 Å². The summed E-state index contributed by atoms with van der Waals surface area (Å²) in [6.45, 7) is 2.92. The highest BCUT2D eigenvalue weighted by atomic mass is 19.1. The number of carbonyl (C=O) groups is 1. The van der Waals surface area contributed by atoms with Crippen molar-refractivity contribution in [3.8, 4) is 0 Å². The molecule has 3 rings (SSSR count). The van der Waals surface area contributed by atoms with Crippen LogP contribution < -0.4 is 15.1 Å². The van der Waals surface area contributed by atoms with Crippen LogP contribution in [0.15, 0.2) is 48.5 Å². The molecule has 0 spiro atoms. The van der Waals surface area contributed by atoms with Crippen LogP contribution in [0.1, 0.15) is 30.0 Å². The Morgan fingerprint density at radius 2 is 1.70 bits per heavy atom. The summed E-state index contributed by atoms with van der Waals surface area (Å²) in [5.41, 5.74) is 3.27. The molecule has 1 aliphatic heterocycles. The van der Waals surface area contributed by atoms with E-state index < -0.39 is 0 Å². The summed E-state index contributed by atoms with van der Waals surface area (Å²) in [7, 11) is 4.07. The molecule has 1 saturated heterocycles. The first-order chi connectivity index (χ1) is 13.0. The fraction of sp³-hybridized carbons (Fsp3) is 0.409. The van der Waals surface area contributed by atoms with Gasteiger partial charge in [0.05, 0.1) is 26.1 Å². The van der Waals surface area contributed by atoms with Crippen molar-refractivity contribution < 1.29 is 14.1 Å². The molecule has 2 aromatic carbocycles. The summed E-state index contributed by atoms with van der Waals surface area (Å²) < 4.78 is 13.0. The first kappa shape index (κ1) is 19.4. The van der Waals surface area contributed by atoms with Gasteiger partial charge in [-0.05, 0) is 29.8 Å². The highest BCUT2D eigenvalue weighted by Crippen LogP contribution is 2.17. The molecule has 0 aliphatic carbocycles. The third kappa shape index (κ3) is 5.30. The number of nitrogens with one attached hydrogen (secondary N) is 2. The molecule has 2 aromatic rings. The molecule has 1 aliphatic rings. The van der Waals surface area contributed by atoms with E-state index >= 15 is 0 Å². The predicted octanol–water partition coefficient (Wildman–Crippen LogP) is 1.97. The molecule has 1 heterocycles. The van der Waals surface area contributed by atoms with Gasteiger partial charge in [0.2, 0.25) is 5.91 Å². The van der Waals surface area contributed by atoms with E-state index in [1.807, 2.05) is 14.1 Å². The molecule has 0 unspecified atom stereocenters. The minimum atomic E-state index is -0.280. The van der Waals surface area contributed by atoms with Gasteiger partial charge in [0.1, 0.15) is 11.9 Å². The van der Waals surface area contributed by atoms with Crippen LogP contribution in [-0.2, 0) is 11.2 Å². The van der Waals surface area contributed by atoms with E-state index in [-0.39, 0.29) is 24.2 Å². The molecule has 0 saturated carbocycles. The summed E-state index contributed by atoms with van der Waals surface area (Å²) in [5.74, 6) is -0.298. The number of halogens is 1. The second kappa shape index (κ2) is 9.00. The largest absolute Gasteiger partial charge is 0.378 e. The minimum absolute atomic E-state index is 0.0184. The molecule has 0 bridgehead atoms. The molecule has 1 atom stereocenters. The first-order valence-corrected chi connectivity index (χ1v) is 9.66. The van der Waals surface area contributed by atoms with Crippen molar-refractivity contribution >= 4 is 11.6 Å². The van der Waals surface area contributed by atoms with Crippen LogP contribution in [0.3, 0.4) is 0 Å². The standard InChI is InChI=1S/C22H28FN3O/c1-25(2)20-11-7-18(8-12-20)21(26-13-3-4-14-26)16-24-22(27)15-17-5-9-19(23)10-6-17/h5-12,21H,3-4,13-16H2,1-2H3,(H,24,27)/p+1/t21-/m0/s1. The van der Waals surface area contributed by atoms with Crippen molar-refractivity contribution in [3.05, 3.63) is 65.5 Å². The predicted molar refractivity (Wildman–Crippen MR) is 107 cm³/mol. The average Bonchev–Trinajstić information content (AvgIpc) is 3.19. The van der Waals surface area contributed by atoms with Gasteiger partial charge >= 0.3 is 0 Å². The summed E-state index contributed by atoms with van der Waals surface area (Å²) in [6.07, 6.45) is 2.76. The average molecular weight is 370 g/mol. The minimum Gasteiger partial charge on any atom is -0.378 e. The van der Waals surface area contributed by atoms with Crippen LogP contribution in [0.25, 0.3) is 0 Å². The van der Waals surface area contributed by atoms with Crippen molar-refractivity contribution in [1.29, 1.82) is 0 Å². The molecular formula is C22H29FN3O+. The van der Waals surface area contributed by atoms with Gasteiger partial charge < -0.3 is 15.1 Å². The number of benzene rings is 2. The smallest absolute Gasteiger partial charge is 0.224 e. The van der Waals surface area contributed by atoms with Crippen molar-refractivity contribution in [2.75, 3.05) is 38.6 Å². The van der Waals surface area contributed by atoms with Gasteiger partial charge in [-0.15, -0.1) is 0 Å². The Kier molecular flexibility index (Phi) is 6.45. The summed E-state index contributed by atoms with van der Waals surface area (Å²) >= 11 is 0. The van der Waals surface area contributed by atoms with E-state index in [1.165, 1.54) is 41.1 Å². The van der Waals surface area contributed by atoms with Gasteiger partial charge in [0.25, 0.3) is 0 Å². The molecule has 0 aromatic heterocycles. The number of carbonyl (C=O) groups excluding carboxylic acids is 1. The quantitative estimate of drug-likeness (QED) is 0.782. The van der Waals surface area contributed by atoms with Crippen molar-refractivity contribution in [2.45, 2.75) is 25.3 Å². The highest BCUT2D eigenvalue weighted by Gasteiger charge is 2.27. The van der Waals surface area contributed by atoms with Gasteiger partial charge in [-0.3, -0.25) is 4.79 Å². The Hall–Kier alpha value is -2.40. The van der Waals surface area contributed by atoms with Crippen molar-refractivity contribution in [1.82, 2.24) is 5.32 Å². The lowest BCUT2D eigenvalue weighted by molar-refractivity contribution is -0.918. The maximum Gasteiger partial charge on any atom is 0.224 e. The summed E-state index contributed by atoms with van der Waals surface area (Å²) in [6, 6.07) is 15.0. The second-order valence-corrected chi connectivity index (χ2v) is 7.51. The van der Waals surface area contributed by atoms with Crippen molar-refractivity contribution in [2.24, 2.45) is 0 Å². The third-order valence-electron chi connectivity index (χ3n) is 5.33. The van der Waals surface area contributed by atoms with Crippen LogP contribution in [0.4, 0.5) is 10.1 Å². The van der Waals surface area contributed by atoms with E-state index in [2.05, 4.69) is 34.5 Å². The highest BCUT2D eigenvalue weighted by molar-refractivity contribution is 5.78. The van der Waals surface area contributed by atoms with Crippen molar-refractivity contribution in [3.63, 3.8) is 0 Å². The topological polar surface area (TPSA) is 36.8 Å². The zero-order valence-electron chi connectivity index (χ0n) is 16.2. The molecule has 4 nitrogen and oxygen atoms in total. The number of nitrogens with zero attached hydrogens (tertiary/aromatic N) is 1. The monoisotopic (exact) mass is 370 g/mol. The number of hydrogen-bond acceptors (Lipinski definition) is 2. The van der Waals surface area contributed by atoms with E-state index in [4.69, 9.17) is 0 Å². The Labute approximate surface area is 161 Å². The molecule has 27 heavy (non-hydrogen) atoms. The molecule has 144 valence electrons. The zero-order valence-corrected chi connectivity index (χ0v) is 16.2. The molecule has 1 fully saturated rings. The molecular weight excluding hydrogens is 341 g/mol. The number of quaternary nitrogens is 1. The Bertz CT molecular complexity index is 737. The third-order valence-corrected chi connectivity index (χ3v) is 5.33. The van der Waals surface area contributed by atoms with Gasteiger partial charge in [0, 0.05) is 38.2 Å². The van der Waals surface area contributed by atoms with Crippen LogP contribution >= 0.6 is 0 Å². The van der Waals surface area contributed by atoms with Crippen LogP contribution in [-0.4, -0.2) is 39.6 Å². The molecule has 5 heteroatoms. The van der Waals surface area contributed by atoms with Crippen LogP contribution in [0.5, 0.6) is 0 Å². The fourth-order valence-corrected chi connectivity index (χ4v) is 3.75. The summed E-state index contributed by atoms with van der Waals surface area (Å²) in [5, 5.41) is 3.09. The lowest BCUT2D eigenvalue weighted by atomic mass is 10.0. The van der Waals surface area contributed by atoms with E-state index in [9.17, 15) is 9.18 Å². The Balaban J connectivity index is 1.64. The lowest BCUT2D eigenvalue weighted by Crippen LogP contribution is -3.11. The van der Waals surface area contributed by atoms with Gasteiger partial charge in [-0.2, -0.15) is 0 Å². The molecule has 2 N–H and O–H groups in total. The zero-order chi connectivity index (χ0) is 19.2. The van der Waals surface area contributed by atoms with Gasteiger partial charge in [-0.1, -0.05) is 24.3 Å². The lowest BCUT2D eigenvalue weighted by Gasteiger charge is -2.26. The van der Waals surface area contributed by atoms with Gasteiger partial charge in [-0.25, -0.2) is 4.39 Å². The Morgan fingerprint density at radius 3 is 2.30 bits per heavy atom. The number of hydrogen-bond donors (Lipinski definition) is 2. The van der Waals surface area contributed by atoms with Crippen LogP contribution in [0.2, 0.25) is 0 Å². The summed E-state index contributed by atoms with van der Waals surface area (Å²) in [4.78, 5) is 16.0. The number of amides is 1.